The third kappa shape index (κ3) is 1.76. The van der Waals surface area contributed by atoms with Crippen LogP contribution in [0.5, 0.6) is 0 Å². The lowest BCUT2D eigenvalue weighted by atomic mass is 10.2. The molecule has 0 aliphatic rings. The van der Waals surface area contributed by atoms with Gasteiger partial charge in [-0.1, -0.05) is 12.1 Å². The maximum Gasteiger partial charge on any atom is 0.138 e. The van der Waals surface area contributed by atoms with Crippen molar-refractivity contribution in [2.45, 2.75) is 13.0 Å². The molecule has 0 aliphatic heterocycles. The number of hydrogen-bond donors (Lipinski definition) is 1. The van der Waals surface area contributed by atoms with Crippen molar-refractivity contribution in [3.63, 3.8) is 0 Å². The Hall–Kier alpha value is -2.20. The van der Waals surface area contributed by atoms with Gasteiger partial charge in [0.1, 0.15) is 12.1 Å². The number of pyridine rings is 1. The van der Waals surface area contributed by atoms with Crippen molar-refractivity contribution in [1.29, 1.82) is 0 Å². The lowest BCUT2D eigenvalue weighted by molar-refractivity contribution is 0.199. The second-order valence-electron chi connectivity index (χ2n) is 4.23. The van der Waals surface area contributed by atoms with E-state index >= 15 is 0 Å². The third-order valence-corrected chi connectivity index (χ3v) is 2.95. The maximum absolute atomic E-state index is 9.61. The van der Waals surface area contributed by atoms with Crippen LogP contribution in [0.2, 0.25) is 0 Å². The Bertz CT molecular complexity index is 688. The average molecular weight is 239 g/mol. The first-order chi connectivity index (χ1) is 8.75. The Labute approximate surface area is 105 Å². The second-order valence-corrected chi connectivity index (χ2v) is 4.23. The minimum Gasteiger partial charge on any atom is -0.389 e. The fraction of sp³-hybridized carbons (Fsp3) is 0.143. The van der Waals surface area contributed by atoms with Crippen LogP contribution in [-0.2, 0) is 0 Å². The van der Waals surface area contributed by atoms with Crippen molar-refractivity contribution in [2.24, 2.45) is 0 Å². The SMILES string of the molecule is C[C@@H](O)c1ccnc(-n2cnc3ccccc32)c1. The lowest BCUT2D eigenvalue weighted by Gasteiger charge is -2.07. The van der Waals surface area contributed by atoms with E-state index in [2.05, 4.69) is 9.97 Å². The minimum atomic E-state index is -0.499. The van der Waals surface area contributed by atoms with Crippen LogP contribution in [0.3, 0.4) is 0 Å². The molecule has 3 aromatic rings. The summed E-state index contributed by atoms with van der Waals surface area (Å²) < 4.78 is 1.92. The summed E-state index contributed by atoms with van der Waals surface area (Å²) >= 11 is 0. The zero-order valence-corrected chi connectivity index (χ0v) is 9.99. The predicted octanol–water partition coefficient (Wildman–Crippen LogP) is 2.47. The van der Waals surface area contributed by atoms with E-state index in [1.54, 1.807) is 19.4 Å². The number of nitrogens with zero attached hydrogens (tertiary/aromatic N) is 3. The van der Waals surface area contributed by atoms with Crippen molar-refractivity contribution in [2.75, 3.05) is 0 Å². The van der Waals surface area contributed by atoms with Crippen LogP contribution in [0.15, 0.2) is 48.9 Å². The van der Waals surface area contributed by atoms with Gasteiger partial charge < -0.3 is 5.11 Å². The number of aromatic nitrogens is 3. The zero-order chi connectivity index (χ0) is 12.5. The highest BCUT2D eigenvalue weighted by atomic mass is 16.3. The Morgan fingerprint density at radius 3 is 2.83 bits per heavy atom. The molecule has 1 N–H and O–H groups in total. The first-order valence-corrected chi connectivity index (χ1v) is 5.82. The number of benzene rings is 1. The van der Waals surface area contributed by atoms with Crippen LogP contribution in [0.25, 0.3) is 16.9 Å². The Kier molecular flexibility index (Phi) is 2.57. The zero-order valence-electron chi connectivity index (χ0n) is 9.99. The smallest absolute Gasteiger partial charge is 0.138 e. The predicted molar refractivity (Wildman–Crippen MR) is 69.5 cm³/mol. The molecule has 0 aliphatic carbocycles. The molecule has 4 nitrogen and oxygen atoms in total. The van der Waals surface area contributed by atoms with Gasteiger partial charge in [0, 0.05) is 6.20 Å². The fourth-order valence-corrected chi connectivity index (χ4v) is 1.97. The molecule has 2 aromatic heterocycles. The molecule has 0 unspecified atom stereocenters. The molecule has 0 spiro atoms. The van der Waals surface area contributed by atoms with Crippen LogP contribution in [0, 0.1) is 0 Å². The first-order valence-electron chi connectivity index (χ1n) is 5.82. The number of fused-ring (bicyclic) bond motifs is 1. The van der Waals surface area contributed by atoms with Gasteiger partial charge in [0.15, 0.2) is 0 Å². The topological polar surface area (TPSA) is 50.9 Å². The highest BCUT2D eigenvalue weighted by molar-refractivity contribution is 5.76. The number of aliphatic hydroxyl groups excluding tert-OH is 1. The van der Waals surface area contributed by atoms with Crippen LogP contribution < -0.4 is 0 Å². The van der Waals surface area contributed by atoms with Gasteiger partial charge in [0.2, 0.25) is 0 Å². The number of rotatable bonds is 2. The van der Waals surface area contributed by atoms with Gasteiger partial charge in [-0.05, 0) is 36.8 Å². The highest BCUT2D eigenvalue weighted by Gasteiger charge is 2.07. The molecule has 0 bridgehead atoms. The molecule has 0 saturated carbocycles. The van der Waals surface area contributed by atoms with E-state index < -0.39 is 6.10 Å². The second kappa shape index (κ2) is 4.23. The molecule has 3 rings (SSSR count). The van der Waals surface area contributed by atoms with E-state index in [4.69, 9.17) is 0 Å². The number of para-hydroxylation sites is 2. The van der Waals surface area contributed by atoms with E-state index in [-0.39, 0.29) is 0 Å². The molecular weight excluding hydrogens is 226 g/mol. The maximum atomic E-state index is 9.61. The summed E-state index contributed by atoms with van der Waals surface area (Å²) in [7, 11) is 0. The Morgan fingerprint density at radius 1 is 1.17 bits per heavy atom. The Balaban J connectivity index is 2.17. The summed E-state index contributed by atoms with van der Waals surface area (Å²) in [4.78, 5) is 8.66. The molecule has 0 amide bonds. The fourth-order valence-electron chi connectivity index (χ4n) is 1.97. The van der Waals surface area contributed by atoms with Crippen LogP contribution >= 0.6 is 0 Å². The number of aliphatic hydroxyl groups is 1. The summed E-state index contributed by atoms with van der Waals surface area (Å²) in [5.74, 6) is 0.766. The van der Waals surface area contributed by atoms with Gasteiger partial charge in [-0.2, -0.15) is 0 Å². The molecule has 0 fully saturated rings. The van der Waals surface area contributed by atoms with Crippen molar-refractivity contribution >= 4 is 11.0 Å². The lowest BCUT2D eigenvalue weighted by Crippen LogP contribution is -1.99. The minimum absolute atomic E-state index is 0.499. The van der Waals surface area contributed by atoms with Gasteiger partial charge in [0.05, 0.1) is 17.1 Å². The van der Waals surface area contributed by atoms with Gasteiger partial charge in [-0.3, -0.25) is 4.57 Å². The van der Waals surface area contributed by atoms with Crippen LogP contribution in [0.1, 0.15) is 18.6 Å². The van der Waals surface area contributed by atoms with Gasteiger partial charge in [0.25, 0.3) is 0 Å². The molecule has 2 heterocycles. The van der Waals surface area contributed by atoms with E-state index in [1.807, 2.05) is 41.0 Å². The summed E-state index contributed by atoms with van der Waals surface area (Å²) in [6, 6.07) is 11.6. The van der Waals surface area contributed by atoms with Crippen LogP contribution in [0.4, 0.5) is 0 Å². The summed E-state index contributed by atoms with van der Waals surface area (Å²) in [6.45, 7) is 1.74. The van der Waals surface area contributed by atoms with Crippen molar-refractivity contribution in [3.05, 3.63) is 54.5 Å². The van der Waals surface area contributed by atoms with E-state index in [0.29, 0.717) is 0 Å². The van der Waals surface area contributed by atoms with Crippen molar-refractivity contribution in [3.8, 4) is 5.82 Å². The normalized spacial score (nSPS) is 12.8. The molecule has 4 heteroatoms. The summed E-state index contributed by atoms with van der Waals surface area (Å²) in [6.07, 6.45) is 2.95. The summed E-state index contributed by atoms with van der Waals surface area (Å²) in [5, 5.41) is 9.61. The van der Waals surface area contributed by atoms with Gasteiger partial charge in [-0.15, -0.1) is 0 Å². The largest absolute Gasteiger partial charge is 0.389 e. The van der Waals surface area contributed by atoms with Gasteiger partial charge >= 0.3 is 0 Å². The first kappa shape index (κ1) is 10.9. The number of hydrogen-bond acceptors (Lipinski definition) is 3. The van der Waals surface area contributed by atoms with Crippen molar-refractivity contribution < 1.29 is 5.11 Å². The molecule has 18 heavy (non-hydrogen) atoms. The highest BCUT2D eigenvalue weighted by Crippen LogP contribution is 2.19. The third-order valence-electron chi connectivity index (χ3n) is 2.95. The average Bonchev–Trinajstić information content (AvgIpc) is 2.82. The standard InChI is InChI=1S/C14H13N3O/c1-10(18)11-6-7-15-14(8-11)17-9-16-12-4-2-3-5-13(12)17/h2-10,18H,1H3/t10-/m1/s1. The molecule has 1 aromatic carbocycles. The van der Waals surface area contributed by atoms with E-state index in [9.17, 15) is 5.11 Å². The van der Waals surface area contributed by atoms with Crippen LogP contribution in [-0.4, -0.2) is 19.6 Å². The molecular formula is C14H13N3O. The number of imidazole rings is 1. The molecule has 0 saturated heterocycles. The Morgan fingerprint density at radius 2 is 2.00 bits per heavy atom. The summed E-state index contributed by atoms with van der Waals surface area (Å²) in [5.41, 5.74) is 2.78. The van der Waals surface area contributed by atoms with E-state index in [0.717, 1.165) is 22.4 Å². The molecule has 90 valence electrons. The van der Waals surface area contributed by atoms with E-state index in [1.165, 1.54) is 0 Å². The van der Waals surface area contributed by atoms with Crippen molar-refractivity contribution in [1.82, 2.24) is 14.5 Å². The quantitative estimate of drug-likeness (QED) is 0.747. The molecule has 1 atom stereocenters. The van der Waals surface area contributed by atoms with Gasteiger partial charge in [-0.25, -0.2) is 9.97 Å². The molecule has 0 radical (unpaired) electrons. The monoisotopic (exact) mass is 239 g/mol.